The van der Waals surface area contributed by atoms with E-state index < -0.39 is 16.1 Å². The fourth-order valence-electron chi connectivity index (χ4n) is 4.58. The van der Waals surface area contributed by atoms with Crippen LogP contribution >= 0.6 is 12.6 Å². The van der Waals surface area contributed by atoms with Gasteiger partial charge in [0.25, 0.3) is 0 Å². The van der Waals surface area contributed by atoms with Gasteiger partial charge in [-0.05, 0) is 49.1 Å². The number of nitrogens with zero attached hydrogens (tertiary/aromatic N) is 2. The van der Waals surface area contributed by atoms with E-state index in [9.17, 15) is 18.0 Å². The van der Waals surface area contributed by atoms with E-state index in [2.05, 4.69) is 12.6 Å². The normalized spacial score (nSPS) is 24.6. The number of esters is 1. The molecule has 0 bridgehead atoms. The largest absolute Gasteiger partial charge is 0.466 e. The first-order chi connectivity index (χ1) is 15.3. The van der Waals surface area contributed by atoms with E-state index in [1.807, 2.05) is 24.3 Å². The zero-order valence-corrected chi connectivity index (χ0v) is 19.7. The maximum atomic E-state index is 13.5. The predicted molar refractivity (Wildman–Crippen MR) is 125 cm³/mol. The molecule has 0 radical (unpaired) electrons. The van der Waals surface area contributed by atoms with Crippen LogP contribution in [-0.4, -0.2) is 67.0 Å². The number of benzene rings is 2. The van der Waals surface area contributed by atoms with Gasteiger partial charge in [0.15, 0.2) is 0 Å². The fraction of sp³-hybridized carbons (Fsp3) is 0.478. The maximum Gasteiger partial charge on any atom is 0.310 e. The molecule has 1 amide bonds. The Labute approximate surface area is 194 Å². The molecule has 0 aliphatic carbocycles. The first kappa shape index (κ1) is 23.1. The molecule has 172 valence electrons. The lowest BCUT2D eigenvalue weighted by atomic mass is 9.97. The standard InChI is InChI=1S/C23H28N2O5S2/c1-2-30-23(27)18-8-5-11-24(14-18)22(26)21-13-19(31)15-25(21)32(28,29)20-10-9-16-6-3-4-7-17(16)12-20/h3-4,6-7,9-10,12,18-19,21,31H,2,5,8,11,13-15H2,1H3/t18?,19-,21-/m0/s1. The third-order valence-electron chi connectivity index (χ3n) is 6.20. The van der Waals surface area contributed by atoms with E-state index in [0.29, 0.717) is 32.4 Å². The SMILES string of the molecule is CCOC(=O)C1CCCN(C(=O)[C@@H]2C[C@H](S)CN2S(=O)(=O)c2ccc3ccccc3c2)C1. The Hall–Kier alpha value is -2.10. The van der Waals surface area contributed by atoms with Crippen LogP contribution in [0.3, 0.4) is 0 Å². The molecule has 2 saturated heterocycles. The van der Waals surface area contributed by atoms with Gasteiger partial charge in [-0.3, -0.25) is 9.59 Å². The van der Waals surface area contributed by atoms with Gasteiger partial charge in [0, 0.05) is 24.9 Å². The summed E-state index contributed by atoms with van der Waals surface area (Å²) in [7, 11) is -3.89. The Bertz CT molecular complexity index is 1120. The van der Waals surface area contributed by atoms with Crippen molar-refractivity contribution >= 4 is 45.3 Å². The summed E-state index contributed by atoms with van der Waals surface area (Å²) in [6.45, 7) is 2.99. The summed E-state index contributed by atoms with van der Waals surface area (Å²) >= 11 is 4.50. The summed E-state index contributed by atoms with van der Waals surface area (Å²) in [6.07, 6.45) is 1.70. The number of rotatable bonds is 5. The Morgan fingerprint density at radius 1 is 1.12 bits per heavy atom. The van der Waals surface area contributed by atoms with E-state index in [1.54, 1.807) is 30.0 Å². The molecule has 2 aromatic rings. The minimum atomic E-state index is -3.89. The minimum absolute atomic E-state index is 0.166. The van der Waals surface area contributed by atoms with Gasteiger partial charge in [-0.1, -0.05) is 30.3 Å². The second kappa shape index (κ2) is 9.41. The van der Waals surface area contributed by atoms with Crippen molar-refractivity contribution in [1.82, 2.24) is 9.21 Å². The van der Waals surface area contributed by atoms with Crippen molar-refractivity contribution in [2.75, 3.05) is 26.2 Å². The predicted octanol–water partition coefficient (Wildman–Crippen LogP) is 2.70. The summed E-state index contributed by atoms with van der Waals surface area (Å²) in [4.78, 5) is 27.4. The molecule has 0 N–H and O–H groups in total. The second-order valence-corrected chi connectivity index (χ2v) is 11.0. The molecular weight excluding hydrogens is 448 g/mol. The number of sulfonamides is 1. The van der Waals surface area contributed by atoms with Crippen molar-refractivity contribution < 1.29 is 22.7 Å². The van der Waals surface area contributed by atoms with Crippen molar-refractivity contribution in [3.05, 3.63) is 42.5 Å². The molecule has 2 heterocycles. The number of ether oxygens (including phenoxy) is 1. The molecular formula is C23H28N2O5S2. The zero-order valence-electron chi connectivity index (χ0n) is 18.0. The van der Waals surface area contributed by atoms with E-state index in [4.69, 9.17) is 4.74 Å². The van der Waals surface area contributed by atoms with Crippen LogP contribution in [0.1, 0.15) is 26.2 Å². The van der Waals surface area contributed by atoms with Crippen molar-refractivity contribution in [1.29, 1.82) is 0 Å². The number of hydrogen-bond acceptors (Lipinski definition) is 6. The van der Waals surface area contributed by atoms with Crippen LogP contribution in [-0.2, 0) is 24.3 Å². The van der Waals surface area contributed by atoms with Crippen molar-refractivity contribution in [3.63, 3.8) is 0 Å². The lowest BCUT2D eigenvalue weighted by Crippen LogP contribution is -2.51. The lowest BCUT2D eigenvalue weighted by Gasteiger charge is -2.35. The molecule has 2 fully saturated rings. The molecule has 7 nitrogen and oxygen atoms in total. The van der Waals surface area contributed by atoms with Crippen LogP contribution in [0.2, 0.25) is 0 Å². The van der Waals surface area contributed by atoms with Gasteiger partial charge in [-0.25, -0.2) is 8.42 Å². The van der Waals surface area contributed by atoms with Crippen molar-refractivity contribution in [2.24, 2.45) is 5.92 Å². The molecule has 3 atom stereocenters. The van der Waals surface area contributed by atoms with Crippen LogP contribution in [0.15, 0.2) is 47.4 Å². The second-order valence-electron chi connectivity index (χ2n) is 8.36. The fourth-order valence-corrected chi connectivity index (χ4v) is 6.74. The Balaban J connectivity index is 1.58. The molecule has 0 aromatic heterocycles. The van der Waals surface area contributed by atoms with Crippen LogP contribution < -0.4 is 0 Å². The number of carbonyl (C=O) groups excluding carboxylic acids is 2. The summed E-state index contributed by atoms with van der Waals surface area (Å²) < 4.78 is 33.5. The molecule has 2 aliphatic heterocycles. The Morgan fingerprint density at radius 2 is 1.88 bits per heavy atom. The van der Waals surface area contributed by atoms with Crippen LogP contribution in [0.4, 0.5) is 0 Å². The van der Waals surface area contributed by atoms with E-state index >= 15 is 0 Å². The summed E-state index contributed by atoms with van der Waals surface area (Å²) in [6, 6.07) is 11.7. The van der Waals surface area contributed by atoms with Crippen molar-refractivity contribution in [3.8, 4) is 0 Å². The number of hydrogen-bond donors (Lipinski definition) is 1. The molecule has 9 heteroatoms. The number of piperidine rings is 1. The maximum absolute atomic E-state index is 13.5. The smallest absolute Gasteiger partial charge is 0.310 e. The van der Waals surface area contributed by atoms with Gasteiger partial charge >= 0.3 is 5.97 Å². The zero-order chi connectivity index (χ0) is 22.9. The number of fused-ring (bicyclic) bond motifs is 1. The van der Waals surface area contributed by atoms with E-state index in [0.717, 1.165) is 10.8 Å². The Kier molecular flexibility index (Phi) is 6.78. The molecule has 2 aliphatic rings. The third-order valence-corrected chi connectivity index (χ3v) is 8.44. The highest BCUT2D eigenvalue weighted by atomic mass is 32.2. The summed E-state index contributed by atoms with van der Waals surface area (Å²) in [5.74, 6) is -0.935. The van der Waals surface area contributed by atoms with Gasteiger partial charge in [0.05, 0.1) is 17.4 Å². The van der Waals surface area contributed by atoms with Crippen LogP contribution in [0.25, 0.3) is 10.8 Å². The van der Waals surface area contributed by atoms with Gasteiger partial charge in [-0.15, -0.1) is 0 Å². The van der Waals surface area contributed by atoms with E-state index in [1.165, 1.54) is 4.31 Å². The number of carbonyl (C=O) groups is 2. The van der Waals surface area contributed by atoms with E-state index in [-0.39, 0.29) is 41.0 Å². The summed E-state index contributed by atoms with van der Waals surface area (Å²) in [5.41, 5.74) is 0. The third kappa shape index (κ3) is 4.51. The summed E-state index contributed by atoms with van der Waals surface area (Å²) in [5, 5.41) is 1.54. The highest BCUT2D eigenvalue weighted by Gasteiger charge is 2.45. The topological polar surface area (TPSA) is 84.0 Å². The molecule has 0 saturated carbocycles. The average Bonchev–Trinajstić information content (AvgIpc) is 3.21. The molecule has 1 unspecified atom stereocenters. The molecule has 2 aromatic carbocycles. The highest BCUT2D eigenvalue weighted by molar-refractivity contribution is 7.89. The molecule has 32 heavy (non-hydrogen) atoms. The molecule has 4 rings (SSSR count). The van der Waals surface area contributed by atoms with Crippen molar-refractivity contribution in [2.45, 2.75) is 42.4 Å². The monoisotopic (exact) mass is 476 g/mol. The minimum Gasteiger partial charge on any atom is -0.466 e. The van der Waals surface area contributed by atoms with Gasteiger partial charge < -0.3 is 9.64 Å². The number of likely N-dealkylation sites (tertiary alicyclic amines) is 1. The number of thiol groups is 1. The first-order valence-corrected chi connectivity index (χ1v) is 12.9. The highest BCUT2D eigenvalue weighted by Crippen LogP contribution is 2.32. The lowest BCUT2D eigenvalue weighted by molar-refractivity contribution is -0.151. The van der Waals surface area contributed by atoms with Crippen LogP contribution in [0.5, 0.6) is 0 Å². The number of amides is 1. The van der Waals surface area contributed by atoms with Gasteiger partial charge in [0.2, 0.25) is 15.9 Å². The Morgan fingerprint density at radius 3 is 2.62 bits per heavy atom. The molecule has 0 spiro atoms. The van der Waals surface area contributed by atoms with Crippen LogP contribution in [0, 0.1) is 5.92 Å². The first-order valence-electron chi connectivity index (χ1n) is 11.0. The van der Waals surface area contributed by atoms with Gasteiger partial charge in [-0.2, -0.15) is 16.9 Å². The van der Waals surface area contributed by atoms with Gasteiger partial charge in [0.1, 0.15) is 6.04 Å². The quantitative estimate of drug-likeness (QED) is 0.530. The average molecular weight is 477 g/mol.